The summed E-state index contributed by atoms with van der Waals surface area (Å²) in [5.74, 6) is 0.504. The van der Waals surface area contributed by atoms with Crippen molar-refractivity contribution in [3.8, 4) is 0 Å². The van der Waals surface area contributed by atoms with E-state index in [9.17, 15) is 19.8 Å². The number of hydrogen-bond acceptors (Lipinski definition) is 5. The smallest absolute Gasteiger partial charge is 0.303 e. The molecule has 7 atom stereocenters. The number of hydrogen-bond donors (Lipinski definition) is 2. The van der Waals surface area contributed by atoms with Crippen LogP contribution in [-0.2, 0) is 14.3 Å². The number of carbonyl (C=O) groups is 2. The fraction of sp³-hybridized carbons (Fsp3) is 0.826. The molecule has 0 aromatic rings. The molecule has 28 heavy (non-hydrogen) atoms. The zero-order valence-electron chi connectivity index (χ0n) is 17.4. The van der Waals surface area contributed by atoms with E-state index in [2.05, 4.69) is 19.9 Å². The minimum Gasteiger partial charge on any atom is -0.458 e. The summed E-state index contributed by atoms with van der Waals surface area (Å²) >= 11 is 0. The second kappa shape index (κ2) is 6.66. The SMILES string of the molecule is CC(=O)OCC(=O)[C@@]1(O)CC[C@@H]2[C@H]3CC=C4C[C@@H](O)CC[C@]4(C)[C@H]3CC[C@@]21C. The highest BCUT2D eigenvalue weighted by Crippen LogP contribution is 2.67. The van der Waals surface area contributed by atoms with Crippen molar-refractivity contribution in [2.75, 3.05) is 6.61 Å². The van der Waals surface area contributed by atoms with Gasteiger partial charge in [0.2, 0.25) is 5.78 Å². The van der Waals surface area contributed by atoms with Crippen LogP contribution in [0.1, 0.15) is 72.1 Å². The number of ketones is 1. The van der Waals surface area contributed by atoms with Gasteiger partial charge in [-0.25, -0.2) is 0 Å². The van der Waals surface area contributed by atoms with Crippen LogP contribution in [0.15, 0.2) is 11.6 Å². The van der Waals surface area contributed by atoms with Gasteiger partial charge in [-0.15, -0.1) is 0 Å². The standard InChI is InChI=1S/C23H34O5/c1-14(24)28-13-20(26)23(27)11-8-19-17-5-4-15-12-16(25)6-9-21(15,2)18(17)7-10-22(19,23)3/h4,16-19,25,27H,5-13H2,1-3H3/t16-,17-,18-,19+,21-,22-,23-/m0/s1. The molecule has 5 heteroatoms. The highest BCUT2D eigenvalue weighted by molar-refractivity contribution is 5.90. The Morgan fingerprint density at radius 2 is 1.86 bits per heavy atom. The van der Waals surface area contributed by atoms with Gasteiger partial charge in [0.25, 0.3) is 0 Å². The molecule has 0 radical (unpaired) electrons. The van der Waals surface area contributed by atoms with Gasteiger partial charge < -0.3 is 14.9 Å². The third-order valence-corrected chi connectivity index (χ3v) is 9.10. The third-order valence-electron chi connectivity index (χ3n) is 9.10. The van der Waals surface area contributed by atoms with Gasteiger partial charge in [0.1, 0.15) is 5.60 Å². The molecule has 4 rings (SSSR count). The fourth-order valence-electron chi connectivity index (χ4n) is 7.40. The molecule has 0 aliphatic heterocycles. The van der Waals surface area contributed by atoms with E-state index in [0.29, 0.717) is 24.2 Å². The van der Waals surface area contributed by atoms with E-state index >= 15 is 0 Å². The minimum atomic E-state index is -1.40. The summed E-state index contributed by atoms with van der Waals surface area (Å²) in [6, 6.07) is 0. The largest absolute Gasteiger partial charge is 0.458 e. The third kappa shape index (κ3) is 2.72. The molecule has 2 N–H and O–H groups in total. The van der Waals surface area contributed by atoms with Crippen LogP contribution in [0.25, 0.3) is 0 Å². The van der Waals surface area contributed by atoms with Gasteiger partial charge >= 0.3 is 5.97 Å². The lowest BCUT2D eigenvalue weighted by atomic mass is 9.46. The molecule has 0 unspecified atom stereocenters. The Kier molecular flexibility index (Phi) is 4.78. The zero-order chi connectivity index (χ0) is 20.3. The fourth-order valence-corrected chi connectivity index (χ4v) is 7.40. The van der Waals surface area contributed by atoms with Crippen LogP contribution in [0.5, 0.6) is 0 Å². The lowest BCUT2D eigenvalue weighted by Gasteiger charge is -2.58. The van der Waals surface area contributed by atoms with Gasteiger partial charge in [-0.3, -0.25) is 9.59 Å². The van der Waals surface area contributed by atoms with Gasteiger partial charge in [0.05, 0.1) is 6.10 Å². The van der Waals surface area contributed by atoms with Crippen molar-refractivity contribution in [3.05, 3.63) is 11.6 Å². The molecule has 0 bridgehead atoms. The highest BCUT2D eigenvalue weighted by atomic mass is 16.5. The van der Waals surface area contributed by atoms with Crippen molar-refractivity contribution in [1.29, 1.82) is 0 Å². The number of allylic oxidation sites excluding steroid dienone is 1. The van der Waals surface area contributed by atoms with Crippen LogP contribution in [0, 0.1) is 28.6 Å². The Bertz CT molecular complexity index is 714. The van der Waals surface area contributed by atoms with Gasteiger partial charge in [0.15, 0.2) is 6.61 Å². The lowest BCUT2D eigenvalue weighted by Crippen LogP contribution is -2.58. The average molecular weight is 391 g/mol. The van der Waals surface area contributed by atoms with Gasteiger partial charge in [-0.05, 0) is 74.5 Å². The maximum atomic E-state index is 12.9. The summed E-state index contributed by atoms with van der Waals surface area (Å²) in [5.41, 5.74) is -0.283. The lowest BCUT2D eigenvalue weighted by molar-refractivity contribution is -0.168. The molecule has 4 aliphatic rings. The summed E-state index contributed by atoms with van der Waals surface area (Å²) in [7, 11) is 0. The van der Waals surface area contributed by atoms with Crippen molar-refractivity contribution in [2.45, 2.75) is 83.8 Å². The summed E-state index contributed by atoms with van der Waals surface area (Å²) in [5, 5.41) is 21.6. The molecule has 0 saturated heterocycles. The van der Waals surface area contributed by atoms with Crippen molar-refractivity contribution in [1.82, 2.24) is 0 Å². The molecule has 5 nitrogen and oxygen atoms in total. The molecule has 156 valence electrons. The Morgan fingerprint density at radius 3 is 2.57 bits per heavy atom. The van der Waals surface area contributed by atoms with Crippen LogP contribution in [0.3, 0.4) is 0 Å². The second-order valence-electron chi connectivity index (χ2n) is 10.2. The van der Waals surface area contributed by atoms with E-state index in [0.717, 1.165) is 44.9 Å². The zero-order valence-corrected chi connectivity index (χ0v) is 17.4. The number of Topliss-reactive ketones (excluding diaryl/α,β-unsaturated/α-hetero) is 1. The molecule has 0 spiro atoms. The molecule has 3 fully saturated rings. The number of carbonyl (C=O) groups excluding carboxylic acids is 2. The van der Waals surface area contributed by atoms with Gasteiger partial charge in [0, 0.05) is 12.3 Å². The van der Waals surface area contributed by atoms with Crippen LogP contribution in [-0.4, -0.2) is 40.3 Å². The van der Waals surface area contributed by atoms with Crippen molar-refractivity contribution in [3.63, 3.8) is 0 Å². The average Bonchev–Trinajstić information content (AvgIpc) is 2.92. The molecule has 3 saturated carbocycles. The van der Waals surface area contributed by atoms with E-state index in [4.69, 9.17) is 4.74 Å². The monoisotopic (exact) mass is 390 g/mol. The maximum absolute atomic E-state index is 12.9. The van der Waals surface area contributed by atoms with Crippen LogP contribution >= 0.6 is 0 Å². The molecular weight excluding hydrogens is 356 g/mol. The molecule has 0 amide bonds. The van der Waals surface area contributed by atoms with E-state index < -0.39 is 17.0 Å². The summed E-state index contributed by atoms with van der Waals surface area (Å²) < 4.78 is 4.93. The normalized spacial score (nSPS) is 47.4. The molecule has 0 heterocycles. The van der Waals surface area contributed by atoms with E-state index in [1.807, 2.05) is 0 Å². The Morgan fingerprint density at radius 1 is 1.14 bits per heavy atom. The molecule has 4 aliphatic carbocycles. The number of ether oxygens (including phenoxy) is 1. The van der Waals surface area contributed by atoms with Crippen LogP contribution in [0.2, 0.25) is 0 Å². The van der Waals surface area contributed by atoms with E-state index in [-0.39, 0.29) is 23.9 Å². The summed E-state index contributed by atoms with van der Waals surface area (Å²) in [6.07, 6.45) is 8.96. The quantitative estimate of drug-likeness (QED) is 0.571. The van der Waals surface area contributed by atoms with E-state index in [1.165, 1.54) is 12.5 Å². The molecule has 0 aromatic carbocycles. The minimum absolute atomic E-state index is 0.145. The number of rotatable bonds is 3. The Balaban J connectivity index is 1.60. The number of esters is 1. The van der Waals surface area contributed by atoms with Crippen molar-refractivity contribution < 1.29 is 24.5 Å². The predicted molar refractivity (Wildman–Crippen MR) is 104 cm³/mol. The first-order valence-electron chi connectivity index (χ1n) is 10.9. The van der Waals surface area contributed by atoms with Gasteiger partial charge in [-0.1, -0.05) is 25.5 Å². The Labute approximate surface area is 167 Å². The maximum Gasteiger partial charge on any atom is 0.303 e. The first-order valence-corrected chi connectivity index (χ1v) is 10.9. The van der Waals surface area contributed by atoms with Crippen LogP contribution < -0.4 is 0 Å². The Hall–Kier alpha value is -1.20. The summed E-state index contributed by atoms with van der Waals surface area (Å²) in [6.45, 7) is 5.41. The highest BCUT2D eigenvalue weighted by Gasteiger charge is 2.66. The van der Waals surface area contributed by atoms with Crippen LogP contribution in [0.4, 0.5) is 0 Å². The first-order chi connectivity index (χ1) is 13.1. The number of fused-ring (bicyclic) bond motifs is 5. The molecule has 0 aromatic heterocycles. The van der Waals surface area contributed by atoms with Crippen molar-refractivity contribution >= 4 is 11.8 Å². The first kappa shape index (κ1) is 20.1. The summed E-state index contributed by atoms with van der Waals surface area (Å²) in [4.78, 5) is 24.0. The molecular formula is C23H34O5. The topological polar surface area (TPSA) is 83.8 Å². The predicted octanol–water partition coefficient (Wildman–Crippen LogP) is 3.17. The van der Waals surface area contributed by atoms with E-state index in [1.54, 1.807) is 0 Å². The van der Waals surface area contributed by atoms with Crippen molar-refractivity contribution in [2.24, 2.45) is 28.6 Å². The number of aliphatic hydroxyl groups excluding tert-OH is 1. The second-order valence-corrected chi connectivity index (χ2v) is 10.2. The number of aliphatic hydroxyl groups is 2. The van der Waals surface area contributed by atoms with Gasteiger partial charge in [-0.2, -0.15) is 0 Å².